The number of rotatable bonds is 5. The van der Waals surface area contributed by atoms with Crippen molar-refractivity contribution in [3.05, 3.63) is 53.6 Å². The van der Waals surface area contributed by atoms with Crippen molar-refractivity contribution < 1.29 is 18.9 Å². The summed E-state index contributed by atoms with van der Waals surface area (Å²) in [6.45, 7) is 2.86. The standard InChI is InChI=1S/C17H18O4/c1-12(14-4-6-15(18-2)7-5-14)19-10-13-3-8-16-17(9-13)21-11-20-16/h3-9,12H,10-11H2,1-2H3. The van der Waals surface area contributed by atoms with Gasteiger partial charge in [0.15, 0.2) is 11.5 Å². The highest BCUT2D eigenvalue weighted by atomic mass is 16.7. The number of fused-ring (bicyclic) bond motifs is 1. The molecule has 0 radical (unpaired) electrons. The molecule has 0 aliphatic carbocycles. The zero-order chi connectivity index (χ0) is 14.7. The normalized spacial score (nSPS) is 14.0. The van der Waals surface area contributed by atoms with Crippen molar-refractivity contribution in [3.63, 3.8) is 0 Å². The molecule has 4 heteroatoms. The predicted octanol–water partition coefficient (Wildman–Crippen LogP) is 3.70. The Morgan fingerprint density at radius 1 is 1.05 bits per heavy atom. The lowest BCUT2D eigenvalue weighted by Gasteiger charge is -2.14. The molecule has 0 saturated carbocycles. The fourth-order valence-electron chi connectivity index (χ4n) is 2.22. The van der Waals surface area contributed by atoms with Crippen LogP contribution < -0.4 is 14.2 Å². The smallest absolute Gasteiger partial charge is 0.231 e. The van der Waals surface area contributed by atoms with Gasteiger partial charge < -0.3 is 18.9 Å². The Labute approximate surface area is 124 Å². The maximum atomic E-state index is 5.91. The Morgan fingerprint density at radius 3 is 2.57 bits per heavy atom. The second-order valence-electron chi connectivity index (χ2n) is 4.91. The van der Waals surface area contributed by atoms with Gasteiger partial charge in [0.1, 0.15) is 5.75 Å². The fourth-order valence-corrected chi connectivity index (χ4v) is 2.22. The summed E-state index contributed by atoms with van der Waals surface area (Å²) in [7, 11) is 1.66. The molecule has 1 aliphatic rings. The van der Waals surface area contributed by atoms with Gasteiger partial charge in [-0.2, -0.15) is 0 Å². The highest BCUT2D eigenvalue weighted by molar-refractivity contribution is 5.44. The van der Waals surface area contributed by atoms with Crippen molar-refractivity contribution in [3.8, 4) is 17.2 Å². The third-order valence-corrected chi connectivity index (χ3v) is 3.52. The maximum absolute atomic E-state index is 5.91. The first-order valence-corrected chi connectivity index (χ1v) is 6.90. The van der Waals surface area contributed by atoms with Crippen LogP contribution >= 0.6 is 0 Å². The van der Waals surface area contributed by atoms with Crippen molar-refractivity contribution in [2.45, 2.75) is 19.6 Å². The zero-order valence-corrected chi connectivity index (χ0v) is 12.2. The molecule has 1 aliphatic heterocycles. The molecule has 0 spiro atoms. The summed E-state index contributed by atoms with van der Waals surface area (Å²) < 4.78 is 21.7. The van der Waals surface area contributed by atoms with E-state index in [1.165, 1.54) is 0 Å². The van der Waals surface area contributed by atoms with Gasteiger partial charge in [0.2, 0.25) is 6.79 Å². The Kier molecular flexibility index (Phi) is 3.97. The molecule has 0 bridgehead atoms. The second-order valence-corrected chi connectivity index (χ2v) is 4.91. The number of hydrogen-bond acceptors (Lipinski definition) is 4. The van der Waals surface area contributed by atoms with Crippen LogP contribution in [-0.2, 0) is 11.3 Å². The molecule has 0 fully saturated rings. The van der Waals surface area contributed by atoms with Crippen LogP contribution in [0.5, 0.6) is 17.2 Å². The SMILES string of the molecule is COc1ccc(C(C)OCc2ccc3c(c2)OCO3)cc1. The summed E-state index contributed by atoms with van der Waals surface area (Å²) >= 11 is 0. The molecule has 110 valence electrons. The molecule has 4 nitrogen and oxygen atoms in total. The largest absolute Gasteiger partial charge is 0.497 e. The number of ether oxygens (including phenoxy) is 4. The van der Waals surface area contributed by atoms with E-state index in [1.54, 1.807) is 7.11 Å². The molecule has 0 amide bonds. The lowest BCUT2D eigenvalue weighted by atomic mass is 10.1. The van der Waals surface area contributed by atoms with Gasteiger partial charge in [0.25, 0.3) is 0 Å². The topological polar surface area (TPSA) is 36.9 Å². The Morgan fingerprint density at radius 2 is 1.81 bits per heavy atom. The molecule has 21 heavy (non-hydrogen) atoms. The third-order valence-electron chi connectivity index (χ3n) is 3.52. The van der Waals surface area contributed by atoms with Crippen LogP contribution in [0.25, 0.3) is 0 Å². The average Bonchev–Trinajstić information content (AvgIpc) is 3.00. The minimum Gasteiger partial charge on any atom is -0.497 e. The van der Waals surface area contributed by atoms with Gasteiger partial charge in [0.05, 0.1) is 19.8 Å². The summed E-state index contributed by atoms with van der Waals surface area (Å²) in [6.07, 6.45) is 0.0151. The first-order chi connectivity index (χ1) is 10.3. The van der Waals surface area contributed by atoms with Crippen LogP contribution in [-0.4, -0.2) is 13.9 Å². The quantitative estimate of drug-likeness (QED) is 0.839. The zero-order valence-electron chi connectivity index (χ0n) is 12.2. The van der Waals surface area contributed by atoms with E-state index in [0.717, 1.165) is 28.4 Å². The summed E-state index contributed by atoms with van der Waals surface area (Å²) in [6, 6.07) is 13.8. The summed E-state index contributed by atoms with van der Waals surface area (Å²) in [5, 5.41) is 0. The van der Waals surface area contributed by atoms with E-state index in [2.05, 4.69) is 0 Å². The van der Waals surface area contributed by atoms with Crippen LogP contribution in [0.4, 0.5) is 0 Å². The molecule has 1 heterocycles. The fraction of sp³-hybridized carbons (Fsp3) is 0.294. The van der Waals surface area contributed by atoms with Crippen molar-refractivity contribution in [2.24, 2.45) is 0 Å². The minimum atomic E-state index is 0.0151. The first kappa shape index (κ1) is 13.8. The average molecular weight is 286 g/mol. The van der Waals surface area contributed by atoms with Crippen LogP contribution in [0.15, 0.2) is 42.5 Å². The van der Waals surface area contributed by atoms with Gasteiger partial charge in [-0.1, -0.05) is 18.2 Å². The van der Waals surface area contributed by atoms with Crippen molar-refractivity contribution >= 4 is 0 Å². The van der Waals surface area contributed by atoms with E-state index in [1.807, 2.05) is 49.4 Å². The molecule has 0 saturated heterocycles. The molecular formula is C17H18O4. The van der Waals surface area contributed by atoms with E-state index < -0.39 is 0 Å². The van der Waals surface area contributed by atoms with E-state index >= 15 is 0 Å². The molecule has 3 rings (SSSR count). The summed E-state index contributed by atoms with van der Waals surface area (Å²) in [4.78, 5) is 0. The van der Waals surface area contributed by atoms with Gasteiger partial charge in [0, 0.05) is 0 Å². The van der Waals surface area contributed by atoms with Crippen LogP contribution in [0, 0.1) is 0 Å². The molecule has 1 atom stereocenters. The van der Waals surface area contributed by atoms with E-state index in [9.17, 15) is 0 Å². The van der Waals surface area contributed by atoms with Crippen molar-refractivity contribution in [1.29, 1.82) is 0 Å². The van der Waals surface area contributed by atoms with E-state index in [-0.39, 0.29) is 6.10 Å². The van der Waals surface area contributed by atoms with Gasteiger partial charge in [-0.25, -0.2) is 0 Å². The molecule has 0 aromatic heterocycles. The molecule has 2 aromatic rings. The minimum absolute atomic E-state index is 0.0151. The predicted molar refractivity (Wildman–Crippen MR) is 78.8 cm³/mol. The highest BCUT2D eigenvalue weighted by Crippen LogP contribution is 2.33. The van der Waals surface area contributed by atoms with Crippen LogP contribution in [0.2, 0.25) is 0 Å². The number of methoxy groups -OCH3 is 1. The lowest BCUT2D eigenvalue weighted by molar-refractivity contribution is 0.0524. The molecular weight excluding hydrogens is 268 g/mol. The lowest BCUT2D eigenvalue weighted by Crippen LogP contribution is -2.00. The second kappa shape index (κ2) is 6.06. The monoisotopic (exact) mass is 286 g/mol. The van der Waals surface area contributed by atoms with Gasteiger partial charge >= 0.3 is 0 Å². The third kappa shape index (κ3) is 3.11. The maximum Gasteiger partial charge on any atom is 0.231 e. The number of benzene rings is 2. The summed E-state index contributed by atoms with van der Waals surface area (Å²) in [5.41, 5.74) is 2.19. The van der Waals surface area contributed by atoms with Crippen LogP contribution in [0.3, 0.4) is 0 Å². The van der Waals surface area contributed by atoms with Gasteiger partial charge in [-0.05, 0) is 42.3 Å². The van der Waals surface area contributed by atoms with Gasteiger partial charge in [-0.15, -0.1) is 0 Å². The van der Waals surface area contributed by atoms with E-state index in [0.29, 0.717) is 13.4 Å². The Hall–Kier alpha value is -2.20. The summed E-state index contributed by atoms with van der Waals surface area (Å²) in [5.74, 6) is 2.43. The van der Waals surface area contributed by atoms with Gasteiger partial charge in [-0.3, -0.25) is 0 Å². The highest BCUT2D eigenvalue weighted by Gasteiger charge is 2.14. The molecule has 1 unspecified atom stereocenters. The van der Waals surface area contributed by atoms with Crippen LogP contribution in [0.1, 0.15) is 24.2 Å². The van der Waals surface area contributed by atoms with E-state index in [4.69, 9.17) is 18.9 Å². The molecule has 2 aromatic carbocycles. The molecule has 0 N–H and O–H groups in total. The Bertz CT molecular complexity index is 607. The van der Waals surface area contributed by atoms with Crippen molar-refractivity contribution in [1.82, 2.24) is 0 Å². The first-order valence-electron chi connectivity index (χ1n) is 6.90. The van der Waals surface area contributed by atoms with Crippen molar-refractivity contribution in [2.75, 3.05) is 13.9 Å². The number of hydrogen-bond donors (Lipinski definition) is 0. The Balaban J connectivity index is 1.61.